The van der Waals surface area contributed by atoms with Crippen molar-refractivity contribution in [2.45, 2.75) is 24.9 Å². The van der Waals surface area contributed by atoms with Gasteiger partial charge in [-0.1, -0.05) is 41.4 Å². The first kappa shape index (κ1) is 30.0. The normalized spacial score (nSPS) is 16.1. The molecule has 2 aromatic heterocycles. The van der Waals surface area contributed by atoms with Gasteiger partial charge in [-0.25, -0.2) is 8.78 Å². The highest BCUT2D eigenvalue weighted by Gasteiger charge is 2.38. The zero-order valence-corrected chi connectivity index (χ0v) is 24.6. The molecule has 0 aliphatic carbocycles. The van der Waals surface area contributed by atoms with Crippen LogP contribution < -0.4 is 4.90 Å². The minimum atomic E-state index is -0.885. The monoisotopic (exact) mass is 647 g/mol. The van der Waals surface area contributed by atoms with Gasteiger partial charge < -0.3 is 4.90 Å². The number of rotatable bonds is 7. The Morgan fingerprint density at radius 2 is 1.27 bits per heavy atom. The molecule has 1 saturated heterocycles. The van der Waals surface area contributed by atoms with Crippen LogP contribution in [0.3, 0.4) is 0 Å². The average Bonchev–Trinajstić information content (AvgIpc) is 3.47. The Morgan fingerprint density at radius 1 is 0.711 bits per heavy atom. The molecule has 5 aromatic rings. The number of aromatic nitrogens is 2. The third kappa shape index (κ3) is 5.79. The van der Waals surface area contributed by atoms with Crippen molar-refractivity contribution in [3.8, 4) is 22.5 Å². The molecule has 0 N–H and O–H groups in total. The Kier molecular flexibility index (Phi) is 8.13. The molecule has 0 radical (unpaired) electrons. The molecule has 0 unspecified atom stereocenters. The van der Waals surface area contributed by atoms with Crippen LogP contribution in [0.1, 0.15) is 36.1 Å². The first-order valence-corrected chi connectivity index (χ1v) is 14.4. The first-order valence-electron chi connectivity index (χ1n) is 13.6. The quantitative estimate of drug-likeness (QED) is 0.128. The molecule has 0 bridgehead atoms. The van der Waals surface area contributed by atoms with Crippen LogP contribution in [0.15, 0.2) is 91.3 Å². The predicted molar refractivity (Wildman–Crippen MR) is 166 cm³/mol. The average molecular weight is 648 g/mol. The highest BCUT2D eigenvalue weighted by molar-refractivity contribution is 6.33. The second-order valence-electron chi connectivity index (χ2n) is 10.4. The van der Waals surface area contributed by atoms with Crippen molar-refractivity contribution < 1.29 is 18.6 Å². The van der Waals surface area contributed by atoms with Crippen LogP contribution in [-0.4, -0.2) is 19.8 Å². The molecule has 0 amide bonds. The number of halogens is 4. The number of benzene rings is 3. The standard InChI is InChI=1S/C32H21Cl2F2N5O4/c33-22-6-4-19(14-30(22)40(42)43)28-8-9-29(20-5-7-23(34)31(15-20)41(44)45)39(28)21-16-24(35)32(25(36)17-21)27-13-18(10-12-38-27)26-3-1-2-11-37-26/h1-7,10-17,28-29H,8-9H2/t28-,29-/m1/s1. The zero-order valence-electron chi connectivity index (χ0n) is 23.1. The van der Waals surface area contributed by atoms with Crippen molar-refractivity contribution in [3.63, 3.8) is 0 Å². The summed E-state index contributed by atoms with van der Waals surface area (Å²) < 4.78 is 31.9. The summed E-state index contributed by atoms with van der Waals surface area (Å²) in [6, 6.07) is 18.4. The van der Waals surface area contributed by atoms with Crippen LogP contribution in [0, 0.1) is 31.9 Å². The van der Waals surface area contributed by atoms with Crippen molar-refractivity contribution in [2.24, 2.45) is 0 Å². The molecule has 1 aliphatic rings. The van der Waals surface area contributed by atoms with E-state index >= 15 is 8.78 Å². The Balaban J connectivity index is 1.47. The summed E-state index contributed by atoms with van der Waals surface area (Å²) >= 11 is 12.1. The van der Waals surface area contributed by atoms with E-state index in [2.05, 4.69) is 9.97 Å². The summed E-state index contributed by atoms with van der Waals surface area (Å²) in [7, 11) is 0. The van der Waals surface area contributed by atoms with Gasteiger partial charge in [-0.05, 0) is 72.5 Å². The highest BCUT2D eigenvalue weighted by Crippen LogP contribution is 2.49. The summed E-state index contributed by atoms with van der Waals surface area (Å²) in [6.45, 7) is 0. The lowest BCUT2D eigenvalue weighted by Gasteiger charge is -2.33. The van der Waals surface area contributed by atoms with E-state index in [0.717, 1.165) is 0 Å². The van der Waals surface area contributed by atoms with Crippen molar-refractivity contribution in [2.75, 3.05) is 4.90 Å². The molecule has 3 heterocycles. The Labute approximate surface area is 265 Å². The minimum Gasteiger partial charge on any atom is -0.357 e. The summed E-state index contributed by atoms with van der Waals surface area (Å²) in [5.74, 6) is -1.77. The fourth-order valence-corrected chi connectivity index (χ4v) is 6.17. The van der Waals surface area contributed by atoms with Gasteiger partial charge in [-0.15, -0.1) is 0 Å². The molecule has 45 heavy (non-hydrogen) atoms. The molecule has 9 nitrogen and oxygen atoms in total. The lowest BCUT2D eigenvalue weighted by molar-refractivity contribution is -0.384. The molecule has 226 valence electrons. The van der Waals surface area contributed by atoms with Crippen LogP contribution in [-0.2, 0) is 0 Å². The lowest BCUT2D eigenvalue weighted by Crippen LogP contribution is -2.26. The van der Waals surface area contributed by atoms with E-state index < -0.39 is 33.6 Å². The van der Waals surface area contributed by atoms with Gasteiger partial charge in [0, 0.05) is 35.8 Å². The summed E-state index contributed by atoms with van der Waals surface area (Å²) in [6.07, 6.45) is 3.88. The van der Waals surface area contributed by atoms with E-state index in [-0.39, 0.29) is 38.4 Å². The van der Waals surface area contributed by atoms with Crippen LogP contribution >= 0.6 is 23.2 Å². The number of nitro benzene ring substituents is 2. The van der Waals surface area contributed by atoms with Crippen LogP contribution in [0.2, 0.25) is 10.0 Å². The largest absolute Gasteiger partial charge is 0.357 e. The molecule has 6 rings (SSSR count). The van der Waals surface area contributed by atoms with Gasteiger partial charge >= 0.3 is 0 Å². The summed E-state index contributed by atoms with van der Waals surface area (Å²) in [5.41, 5.74) is 1.45. The maximum Gasteiger partial charge on any atom is 0.288 e. The Bertz CT molecular complexity index is 1870. The smallest absolute Gasteiger partial charge is 0.288 e. The van der Waals surface area contributed by atoms with E-state index in [1.165, 1.54) is 42.6 Å². The number of nitro groups is 2. The maximum atomic E-state index is 16.0. The summed E-state index contributed by atoms with van der Waals surface area (Å²) in [4.78, 5) is 32.3. The number of anilines is 1. The van der Waals surface area contributed by atoms with Crippen LogP contribution in [0.5, 0.6) is 0 Å². The molecule has 1 aliphatic heterocycles. The second-order valence-corrected chi connectivity index (χ2v) is 11.2. The van der Waals surface area contributed by atoms with Gasteiger partial charge in [0.05, 0.1) is 38.9 Å². The van der Waals surface area contributed by atoms with Gasteiger partial charge in [0.15, 0.2) is 0 Å². The third-order valence-corrected chi connectivity index (χ3v) is 8.43. The maximum absolute atomic E-state index is 16.0. The molecule has 0 spiro atoms. The number of pyridine rings is 2. The molecular weight excluding hydrogens is 627 g/mol. The fourth-order valence-electron chi connectivity index (χ4n) is 5.79. The molecule has 0 saturated carbocycles. The SMILES string of the molecule is O=[N+]([O-])c1cc([C@H]2CC[C@H](c3ccc(Cl)c([N+](=O)[O-])c3)N2c2cc(F)c(-c3cc(-c4ccccn4)ccn3)c(F)c2)ccc1Cl. The van der Waals surface area contributed by atoms with E-state index in [9.17, 15) is 20.2 Å². The zero-order chi connectivity index (χ0) is 31.8. The van der Waals surface area contributed by atoms with Crippen LogP contribution in [0.25, 0.3) is 22.5 Å². The van der Waals surface area contributed by atoms with Gasteiger partial charge in [0.25, 0.3) is 11.4 Å². The highest BCUT2D eigenvalue weighted by atomic mass is 35.5. The van der Waals surface area contributed by atoms with Crippen molar-refractivity contribution in [3.05, 3.63) is 144 Å². The third-order valence-electron chi connectivity index (χ3n) is 7.79. The number of hydrogen-bond acceptors (Lipinski definition) is 7. The van der Waals surface area contributed by atoms with E-state index in [1.807, 2.05) is 0 Å². The topological polar surface area (TPSA) is 115 Å². The number of hydrogen-bond donors (Lipinski definition) is 0. The van der Waals surface area contributed by atoms with Crippen molar-refractivity contribution >= 4 is 40.3 Å². The van der Waals surface area contributed by atoms with Gasteiger partial charge in [0.1, 0.15) is 21.7 Å². The van der Waals surface area contributed by atoms with E-state index in [4.69, 9.17) is 23.2 Å². The van der Waals surface area contributed by atoms with Gasteiger partial charge in [-0.2, -0.15) is 0 Å². The molecule has 1 fully saturated rings. The fraction of sp³-hybridized carbons (Fsp3) is 0.125. The predicted octanol–water partition coefficient (Wildman–Crippen LogP) is 9.29. The molecule has 3 aromatic carbocycles. The molecule has 2 atom stereocenters. The van der Waals surface area contributed by atoms with E-state index in [0.29, 0.717) is 35.2 Å². The van der Waals surface area contributed by atoms with Crippen molar-refractivity contribution in [1.82, 2.24) is 9.97 Å². The Hall–Kier alpha value is -5.00. The van der Waals surface area contributed by atoms with E-state index in [1.54, 1.807) is 53.6 Å². The number of nitrogens with zero attached hydrogens (tertiary/aromatic N) is 5. The minimum absolute atomic E-state index is 0.0555. The Morgan fingerprint density at radius 3 is 1.78 bits per heavy atom. The second kappa shape index (κ2) is 12.2. The lowest BCUT2D eigenvalue weighted by atomic mass is 10.0. The first-order chi connectivity index (χ1) is 21.6. The molecular formula is C32H21Cl2F2N5O4. The van der Waals surface area contributed by atoms with Crippen LogP contribution in [0.4, 0.5) is 25.8 Å². The van der Waals surface area contributed by atoms with Gasteiger partial charge in [-0.3, -0.25) is 30.2 Å². The van der Waals surface area contributed by atoms with Gasteiger partial charge in [0.2, 0.25) is 0 Å². The molecule has 13 heteroatoms. The van der Waals surface area contributed by atoms with Crippen molar-refractivity contribution in [1.29, 1.82) is 0 Å². The summed E-state index contributed by atoms with van der Waals surface area (Å²) in [5, 5.41) is 23.2.